The number of nitrogens with zero attached hydrogens (tertiary/aromatic N) is 2. The lowest BCUT2D eigenvalue weighted by atomic mass is 10.2. The van der Waals surface area contributed by atoms with Gasteiger partial charge in [0.2, 0.25) is 11.5 Å². The number of azo groups is 1. The number of rotatable bonds is 5. The van der Waals surface area contributed by atoms with Crippen LogP contribution in [0.5, 0.6) is 0 Å². The summed E-state index contributed by atoms with van der Waals surface area (Å²) in [4.78, 5) is 22.4. The highest BCUT2D eigenvalue weighted by molar-refractivity contribution is 5.93. The van der Waals surface area contributed by atoms with E-state index in [4.69, 9.17) is 10.2 Å². The van der Waals surface area contributed by atoms with Crippen LogP contribution < -0.4 is 0 Å². The van der Waals surface area contributed by atoms with Crippen molar-refractivity contribution in [1.82, 2.24) is 0 Å². The van der Waals surface area contributed by atoms with Gasteiger partial charge in [0.1, 0.15) is 5.69 Å². The second kappa shape index (κ2) is 7.38. The number of carboxylic acid groups (broad SMARTS) is 1. The number of benzene rings is 1. The first-order valence-corrected chi connectivity index (χ1v) is 6.10. The SMILES string of the molecule is CCOC(=O)C(N=Nc1ccccc1C(=O)O)=C(O)C(F)(F)F. The first-order chi connectivity index (χ1) is 10.7. The molecule has 0 fully saturated rings. The highest BCUT2D eigenvalue weighted by atomic mass is 19.4. The van der Waals surface area contributed by atoms with Crippen molar-refractivity contribution in [3.8, 4) is 0 Å². The second-order valence-electron chi connectivity index (χ2n) is 3.94. The minimum absolute atomic E-state index is 0.255. The molecule has 1 aromatic rings. The van der Waals surface area contributed by atoms with Crippen LogP contribution in [0.4, 0.5) is 18.9 Å². The molecule has 10 heteroatoms. The number of ether oxygens (including phenoxy) is 1. The summed E-state index contributed by atoms with van der Waals surface area (Å²) in [6, 6.07) is 5.06. The fraction of sp³-hybridized carbons (Fsp3) is 0.231. The molecule has 0 bridgehead atoms. The smallest absolute Gasteiger partial charge is 0.451 e. The molecule has 0 spiro atoms. The molecular weight excluding hydrogens is 321 g/mol. The maximum Gasteiger partial charge on any atom is 0.451 e. The summed E-state index contributed by atoms with van der Waals surface area (Å²) in [6.07, 6.45) is -5.24. The summed E-state index contributed by atoms with van der Waals surface area (Å²) in [5, 5.41) is 24.3. The van der Waals surface area contributed by atoms with Gasteiger partial charge in [-0.15, -0.1) is 10.2 Å². The molecule has 0 heterocycles. The van der Waals surface area contributed by atoms with Gasteiger partial charge in [0.25, 0.3) is 0 Å². The lowest BCUT2D eigenvalue weighted by molar-refractivity contribution is -0.143. The Balaban J connectivity index is 3.32. The molecule has 0 aliphatic carbocycles. The highest BCUT2D eigenvalue weighted by Crippen LogP contribution is 2.28. The summed E-state index contributed by atoms with van der Waals surface area (Å²) in [5.41, 5.74) is -2.11. The lowest BCUT2D eigenvalue weighted by Gasteiger charge is -2.08. The van der Waals surface area contributed by atoms with E-state index < -0.39 is 29.6 Å². The van der Waals surface area contributed by atoms with E-state index in [1.165, 1.54) is 25.1 Å². The van der Waals surface area contributed by atoms with E-state index in [-0.39, 0.29) is 17.9 Å². The largest absolute Gasteiger partial charge is 0.502 e. The molecule has 124 valence electrons. The van der Waals surface area contributed by atoms with Crippen molar-refractivity contribution in [1.29, 1.82) is 0 Å². The standard InChI is InChI=1S/C13H11F3N2O5/c1-2-23-12(22)9(10(19)13(14,15)16)18-17-8-6-4-3-5-7(8)11(20)21/h3-6,19H,2H2,1H3,(H,20,21). The van der Waals surface area contributed by atoms with Gasteiger partial charge in [0.15, 0.2) is 0 Å². The number of allylic oxidation sites excluding steroid dienone is 1. The summed E-state index contributed by atoms with van der Waals surface area (Å²) in [7, 11) is 0. The number of hydrogen-bond acceptors (Lipinski definition) is 6. The minimum atomic E-state index is -5.24. The van der Waals surface area contributed by atoms with Gasteiger partial charge in [0, 0.05) is 0 Å². The molecule has 0 saturated carbocycles. The van der Waals surface area contributed by atoms with Gasteiger partial charge in [0.05, 0.1) is 12.2 Å². The van der Waals surface area contributed by atoms with Gasteiger partial charge < -0.3 is 14.9 Å². The number of carbonyl (C=O) groups is 2. The maximum absolute atomic E-state index is 12.5. The predicted octanol–water partition coefficient (Wildman–Crippen LogP) is 3.36. The molecule has 0 unspecified atom stereocenters. The Kier molecular flexibility index (Phi) is 5.82. The van der Waals surface area contributed by atoms with E-state index in [2.05, 4.69) is 15.0 Å². The van der Waals surface area contributed by atoms with Gasteiger partial charge >= 0.3 is 18.1 Å². The number of carboxylic acids is 1. The third-order valence-corrected chi connectivity index (χ3v) is 2.35. The van der Waals surface area contributed by atoms with Crippen molar-refractivity contribution in [3.05, 3.63) is 41.3 Å². The zero-order valence-electron chi connectivity index (χ0n) is 11.7. The second-order valence-corrected chi connectivity index (χ2v) is 3.94. The van der Waals surface area contributed by atoms with Crippen LogP contribution in [-0.4, -0.2) is 34.9 Å². The average Bonchev–Trinajstić information content (AvgIpc) is 2.46. The quantitative estimate of drug-likeness (QED) is 0.372. The lowest BCUT2D eigenvalue weighted by Crippen LogP contribution is -2.18. The number of aliphatic hydroxyl groups excluding tert-OH is 1. The molecule has 7 nitrogen and oxygen atoms in total. The zero-order chi connectivity index (χ0) is 17.6. The first kappa shape index (κ1) is 18.1. The predicted molar refractivity (Wildman–Crippen MR) is 70.3 cm³/mol. The van der Waals surface area contributed by atoms with Crippen LogP contribution in [0, 0.1) is 0 Å². The monoisotopic (exact) mass is 332 g/mol. The van der Waals surface area contributed by atoms with Gasteiger partial charge in [-0.2, -0.15) is 13.2 Å². The number of alkyl halides is 3. The number of aromatic carboxylic acids is 1. The van der Waals surface area contributed by atoms with Crippen LogP contribution >= 0.6 is 0 Å². The Bertz CT molecular complexity index is 668. The fourth-order valence-corrected chi connectivity index (χ4v) is 1.36. The molecule has 0 aromatic heterocycles. The van der Waals surface area contributed by atoms with Gasteiger partial charge in [-0.25, -0.2) is 9.59 Å². The highest BCUT2D eigenvalue weighted by Gasteiger charge is 2.39. The number of hydrogen-bond donors (Lipinski definition) is 2. The number of halogens is 3. The summed E-state index contributed by atoms with van der Waals surface area (Å²) < 4.78 is 41.9. The van der Waals surface area contributed by atoms with Crippen LogP contribution in [0.3, 0.4) is 0 Å². The zero-order valence-corrected chi connectivity index (χ0v) is 11.7. The van der Waals surface area contributed by atoms with Gasteiger partial charge in [-0.05, 0) is 19.1 Å². The van der Waals surface area contributed by atoms with Crippen LogP contribution in [0.25, 0.3) is 0 Å². The normalized spacial score (nSPS) is 12.9. The number of esters is 1. The summed E-state index contributed by atoms with van der Waals surface area (Å²) in [5.74, 6) is -5.22. The molecule has 0 radical (unpaired) electrons. The number of aliphatic hydroxyl groups is 1. The van der Waals surface area contributed by atoms with E-state index >= 15 is 0 Å². The Morgan fingerprint density at radius 3 is 2.35 bits per heavy atom. The van der Waals surface area contributed by atoms with Crippen LogP contribution in [0.2, 0.25) is 0 Å². The number of carbonyl (C=O) groups excluding carboxylic acids is 1. The van der Waals surface area contributed by atoms with Crippen molar-refractivity contribution in [2.75, 3.05) is 6.61 Å². The van der Waals surface area contributed by atoms with Crippen molar-refractivity contribution in [3.63, 3.8) is 0 Å². The Hall–Kier alpha value is -2.91. The van der Waals surface area contributed by atoms with Crippen molar-refractivity contribution < 1.29 is 37.7 Å². The van der Waals surface area contributed by atoms with Crippen molar-refractivity contribution in [2.45, 2.75) is 13.1 Å². The summed E-state index contributed by atoms with van der Waals surface area (Å²) in [6.45, 7) is 1.09. The summed E-state index contributed by atoms with van der Waals surface area (Å²) >= 11 is 0. The molecule has 0 aliphatic rings. The molecule has 23 heavy (non-hydrogen) atoms. The average molecular weight is 332 g/mol. The first-order valence-electron chi connectivity index (χ1n) is 6.10. The Labute approximate surface area is 127 Å². The van der Waals surface area contributed by atoms with E-state index in [1.54, 1.807) is 0 Å². The molecule has 0 atom stereocenters. The third kappa shape index (κ3) is 4.80. The molecule has 0 aliphatic heterocycles. The minimum Gasteiger partial charge on any atom is -0.502 e. The van der Waals surface area contributed by atoms with Gasteiger partial charge in [-0.1, -0.05) is 12.1 Å². The van der Waals surface area contributed by atoms with Crippen LogP contribution in [-0.2, 0) is 9.53 Å². The molecule has 0 amide bonds. The van der Waals surface area contributed by atoms with Crippen molar-refractivity contribution >= 4 is 17.6 Å². The molecule has 1 aromatic carbocycles. The van der Waals surface area contributed by atoms with Crippen LogP contribution in [0.1, 0.15) is 17.3 Å². The van der Waals surface area contributed by atoms with Crippen molar-refractivity contribution in [2.24, 2.45) is 10.2 Å². The van der Waals surface area contributed by atoms with Gasteiger partial charge in [-0.3, -0.25) is 0 Å². The topological polar surface area (TPSA) is 109 Å². The third-order valence-electron chi connectivity index (χ3n) is 2.35. The molecule has 0 saturated heterocycles. The molecule has 2 N–H and O–H groups in total. The van der Waals surface area contributed by atoms with E-state index in [1.807, 2.05) is 0 Å². The Morgan fingerprint density at radius 1 is 1.22 bits per heavy atom. The molecular formula is C13H11F3N2O5. The van der Waals surface area contributed by atoms with E-state index in [0.29, 0.717) is 0 Å². The van der Waals surface area contributed by atoms with E-state index in [9.17, 15) is 22.8 Å². The van der Waals surface area contributed by atoms with E-state index in [0.717, 1.165) is 6.07 Å². The van der Waals surface area contributed by atoms with Crippen LogP contribution in [0.15, 0.2) is 46.0 Å². The Morgan fingerprint density at radius 2 is 1.83 bits per heavy atom. The fourth-order valence-electron chi connectivity index (χ4n) is 1.36. The maximum atomic E-state index is 12.5. The molecule has 1 rings (SSSR count).